The number of hydrogen-bond donors (Lipinski definition) is 2. The van der Waals surface area contributed by atoms with Gasteiger partial charge in [0.05, 0.1) is 5.92 Å². The number of carbonyl (C=O) groups excluding carboxylic acids is 1. The molecule has 1 rings (SSSR count). The average Bonchev–Trinajstić information content (AvgIpc) is 2.37. The van der Waals surface area contributed by atoms with Crippen molar-refractivity contribution in [1.29, 1.82) is 0 Å². The van der Waals surface area contributed by atoms with Crippen molar-refractivity contribution < 1.29 is 14.3 Å². The summed E-state index contributed by atoms with van der Waals surface area (Å²) in [5, 5.41) is 11.8. The Morgan fingerprint density at radius 2 is 1.94 bits per heavy atom. The molecule has 2 N–H and O–H groups in total. The molecule has 0 aliphatic carbocycles. The lowest BCUT2D eigenvalue weighted by Gasteiger charge is -2.22. The zero-order valence-electron chi connectivity index (χ0n) is 11.0. The Labute approximate surface area is 107 Å². The van der Waals surface area contributed by atoms with Crippen molar-refractivity contribution in [2.24, 2.45) is 5.92 Å². The Kier molecular flexibility index (Phi) is 5.28. The molecule has 0 radical (unpaired) electrons. The highest BCUT2D eigenvalue weighted by molar-refractivity contribution is 5.83. The first-order valence-electron chi connectivity index (χ1n) is 6.13. The fourth-order valence-electron chi connectivity index (χ4n) is 1.62. The van der Waals surface area contributed by atoms with E-state index in [-0.39, 0.29) is 30.3 Å². The third kappa shape index (κ3) is 3.53. The van der Waals surface area contributed by atoms with Gasteiger partial charge in [-0.25, -0.2) is 4.39 Å². The number of aliphatic hydroxyl groups is 1. The van der Waals surface area contributed by atoms with Gasteiger partial charge >= 0.3 is 0 Å². The van der Waals surface area contributed by atoms with Gasteiger partial charge < -0.3 is 10.4 Å². The fraction of sp³-hybridized carbons (Fsp3) is 0.500. The smallest absolute Gasteiger partial charge is 0.227 e. The normalized spacial score (nSPS) is 15.8. The summed E-state index contributed by atoms with van der Waals surface area (Å²) in [6, 6.07) is 6.12. The molecule has 0 bridgehead atoms. The van der Waals surface area contributed by atoms with E-state index in [4.69, 9.17) is 5.11 Å². The second kappa shape index (κ2) is 6.50. The van der Waals surface area contributed by atoms with Crippen LogP contribution in [0.1, 0.15) is 32.3 Å². The van der Waals surface area contributed by atoms with E-state index in [0.29, 0.717) is 5.56 Å². The van der Waals surface area contributed by atoms with Crippen molar-refractivity contribution in [2.45, 2.75) is 32.7 Å². The summed E-state index contributed by atoms with van der Waals surface area (Å²) in [5.74, 6) is -1.17. The largest absolute Gasteiger partial charge is 0.396 e. The van der Waals surface area contributed by atoms with Crippen LogP contribution in [-0.4, -0.2) is 23.7 Å². The van der Waals surface area contributed by atoms with Gasteiger partial charge in [0.1, 0.15) is 5.82 Å². The van der Waals surface area contributed by atoms with Crippen LogP contribution in [0.15, 0.2) is 24.3 Å². The molecule has 0 saturated carbocycles. The molecule has 0 aliphatic heterocycles. The Bertz CT molecular complexity index is 409. The highest BCUT2D eigenvalue weighted by Gasteiger charge is 2.21. The Morgan fingerprint density at radius 3 is 2.50 bits per heavy atom. The lowest BCUT2D eigenvalue weighted by Crippen LogP contribution is -2.40. The molecule has 3 unspecified atom stereocenters. The van der Waals surface area contributed by atoms with Crippen molar-refractivity contribution in [3.63, 3.8) is 0 Å². The van der Waals surface area contributed by atoms with E-state index in [9.17, 15) is 9.18 Å². The van der Waals surface area contributed by atoms with Crippen LogP contribution in [0.3, 0.4) is 0 Å². The van der Waals surface area contributed by atoms with E-state index in [0.717, 1.165) is 0 Å². The highest BCUT2D eigenvalue weighted by atomic mass is 19.1. The average molecular weight is 253 g/mol. The van der Waals surface area contributed by atoms with Crippen LogP contribution in [0.2, 0.25) is 0 Å². The summed E-state index contributed by atoms with van der Waals surface area (Å²) in [6.07, 6.45) is 0. The predicted octanol–water partition coefficient (Wildman–Crippen LogP) is 2.06. The molecule has 0 spiro atoms. The van der Waals surface area contributed by atoms with Gasteiger partial charge in [-0.05, 0) is 31.4 Å². The number of rotatable bonds is 5. The van der Waals surface area contributed by atoms with Gasteiger partial charge in [-0.2, -0.15) is 0 Å². The minimum atomic E-state index is -0.542. The zero-order chi connectivity index (χ0) is 13.7. The summed E-state index contributed by atoms with van der Waals surface area (Å²) in [5.41, 5.74) is 0.388. The maximum Gasteiger partial charge on any atom is 0.227 e. The van der Waals surface area contributed by atoms with E-state index >= 15 is 0 Å². The summed E-state index contributed by atoms with van der Waals surface area (Å²) in [6.45, 7) is 5.35. The lowest BCUT2D eigenvalue weighted by atomic mass is 9.98. The molecule has 18 heavy (non-hydrogen) atoms. The van der Waals surface area contributed by atoms with E-state index in [1.54, 1.807) is 25.1 Å². The first-order chi connectivity index (χ1) is 8.47. The monoisotopic (exact) mass is 253 g/mol. The van der Waals surface area contributed by atoms with Crippen molar-refractivity contribution in [3.8, 4) is 0 Å². The van der Waals surface area contributed by atoms with Crippen LogP contribution in [0.4, 0.5) is 4.39 Å². The molecule has 0 aromatic heterocycles. The first kappa shape index (κ1) is 14.6. The van der Waals surface area contributed by atoms with E-state index in [1.165, 1.54) is 6.07 Å². The molecule has 1 aromatic carbocycles. The van der Waals surface area contributed by atoms with E-state index in [1.807, 2.05) is 13.8 Å². The number of hydrogen-bond acceptors (Lipinski definition) is 2. The maximum absolute atomic E-state index is 13.5. The van der Waals surface area contributed by atoms with E-state index < -0.39 is 5.92 Å². The molecule has 1 aromatic rings. The topological polar surface area (TPSA) is 49.3 Å². The van der Waals surface area contributed by atoms with Crippen molar-refractivity contribution in [1.82, 2.24) is 5.32 Å². The lowest BCUT2D eigenvalue weighted by molar-refractivity contribution is -0.123. The van der Waals surface area contributed by atoms with Gasteiger partial charge in [0, 0.05) is 12.6 Å². The molecule has 3 nitrogen and oxygen atoms in total. The fourth-order valence-corrected chi connectivity index (χ4v) is 1.62. The highest BCUT2D eigenvalue weighted by Crippen LogP contribution is 2.19. The van der Waals surface area contributed by atoms with Gasteiger partial charge in [0.25, 0.3) is 0 Å². The molecule has 1 amide bonds. The second-order valence-corrected chi connectivity index (χ2v) is 4.70. The molecule has 0 aliphatic rings. The van der Waals surface area contributed by atoms with Crippen LogP contribution in [0.5, 0.6) is 0 Å². The van der Waals surface area contributed by atoms with Crippen molar-refractivity contribution in [2.75, 3.05) is 6.61 Å². The third-order valence-electron chi connectivity index (χ3n) is 3.28. The van der Waals surface area contributed by atoms with E-state index in [2.05, 4.69) is 5.32 Å². The standard InChI is InChI=1S/C14H20FNO2/c1-9(8-17)11(3)16-14(18)10(2)12-6-4-5-7-13(12)15/h4-7,9-11,17H,8H2,1-3H3,(H,16,18). The Morgan fingerprint density at radius 1 is 1.33 bits per heavy atom. The third-order valence-corrected chi connectivity index (χ3v) is 3.28. The van der Waals surface area contributed by atoms with Crippen LogP contribution in [0.25, 0.3) is 0 Å². The number of nitrogens with one attached hydrogen (secondary N) is 1. The number of halogens is 1. The van der Waals surface area contributed by atoms with Crippen LogP contribution in [0, 0.1) is 11.7 Å². The summed E-state index contributed by atoms with van der Waals surface area (Å²) in [4.78, 5) is 12.0. The number of amides is 1. The summed E-state index contributed by atoms with van der Waals surface area (Å²) in [7, 11) is 0. The molecular weight excluding hydrogens is 233 g/mol. The number of aliphatic hydroxyl groups excluding tert-OH is 1. The Balaban J connectivity index is 2.71. The minimum Gasteiger partial charge on any atom is -0.396 e. The van der Waals surface area contributed by atoms with Gasteiger partial charge in [-0.3, -0.25) is 4.79 Å². The quantitative estimate of drug-likeness (QED) is 0.844. The SMILES string of the molecule is CC(C(=O)NC(C)C(C)CO)c1ccccc1F. The minimum absolute atomic E-state index is 0.00945. The van der Waals surface area contributed by atoms with Crippen LogP contribution < -0.4 is 5.32 Å². The Hall–Kier alpha value is -1.42. The molecular formula is C14H20FNO2. The summed E-state index contributed by atoms with van der Waals surface area (Å²) >= 11 is 0. The maximum atomic E-state index is 13.5. The molecule has 3 atom stereocenters. The molecule has 0 fully saturated rings. The zero-order valence-corrected chi connectivity index (χ0v) is 11.0. The molecule has 0 heterocycles. The molecule has 100 valence electrons. The number of benzene rings is 1. The van der Waals surface area contributed by atoms with Gasteiger partial charge in [0.15, 0.2) is 0 Å². The predicted molar refractivity (Wildman–Crippen MR) is 68.7 cm³/mol. The van der Waals surface area contributed by atoms with Crippen molar-refractivity contribution in [3.05, 3.63) is 35.6 Å². The molecule has 0 saturated heterocycles. The van der Waals surface area contributed by atoms with Gasteiger partial charge in [0.2, 0.25) is 5.91 Å². The first-order valence-corrected chi connectivity index (χ1v) is 6.13. The number of carbonyl (C=O) groups is 1. The van der Waals surface area contributed by atoms with Crippen LogP contribution >= 0.6 is 0 Å². The van der Waals surface area contributed by atoms with Gasteiger partial charge in [-0.1, -0.05) is 25.1 Å². The second-order valence-electron chi connectivity index (χ2n) is 4.70. The summed E-state index contributed by atoms with van der Waals surface area (Å²) < 4.78 is 13.5. The van der Waals surface area contributed by atoms with Crippen molar-refractivity contribution >= 4 is 5.91 Å². The van der Waals surface area contributed by atoms with Gasteiger partial charge in [-0.15, -0.1) is 0 Å². The molecule has 4 heteroatoms. The van der Waals surface area contributed by atoms with Crippen LogP contribution in [-0.2, 0) is 4.79 Å².